The molecule has 0 saturated carbocycles. The second-order valence-corrected chi connectivity index (χ2v) is 4.02. The Kier molecular flexibility index (Phi) is 2.75. The molecule has 0 bridgehead atoms. The average Bonchev–Trinajstić information content (AvgIpc) is 3.02. The van der Waals surface area contributed by atoms with Gasteiger partial charge in [-0.3, -0.25) is 0 Å². The zero-order chi connectivity index (χ0) is 13.1. The molecule has 2 aromatic carbocycles. The summed E-state index contributed by atoms with van der Waals surface area (Å²) >= 11 is 0. The van der Waals surface area contributed by atoms with E-state index in [9.17, 15) is 0 Å². The Bertz CT molecular complexity index is 706. The lowest BCUT2D eigenvalue weighted by atomic mass is 10.0. The number of aromatic amines is 1. The van der Waals surface area contributed by atoms with Crippen LogP contribution >= 0.6 is 0 Å². The number of aromatic nitrogens is 4. The predicted octanol–water partition coefficient (Wildman–Crippen LogP) is 2.41. The molecule has 0 amide bonds. The van der Waals surface area contributed by atoms with E-state index in [2.05, 4.69) is 26.7 Å². The van der Waals surface area contributed by atoms with Gasteiger partial charge < -0.3 is 0 Å². The lowest BCUT2D eigenvalue weighted by molar-refractivity contribution is 0.881. The number of hydrogen-bond acceptors (Lipinski definition) is 4. The van der Waals surface area contributed by atoms with Crippen LogP contribution in [0.25, 0.3) is 22.5 Å². The van der Waals surface area contributed by atoms with Crippen molar-refractivity contribution in [2.75, 3.05) is 0 Å². The van der Waals surface area contributed by atoms with Crippen LogP contribution in [0.5, 0.6) is 0 Å². The Morgan fingerprint density at radius 1 is 0.842 bits per heavy atom. The molecule has 0 aliphatic carbocycles. The van der Waals surface area contributed by atoms with Gasteiger partial charge in [0.25, 0.3) is 0 Å². The fourth-order valence-corrected chi connectivity index (χ4v) is 1.84. The molecule has 1 N–H and O–H groups in total. The van der Waals surface area contributed by atoms with E-state index in [0.29, 0.717) is 11.4 Å². The third kappa shape index (κ3) is 2.19. The molecule has 0 aliphatic rings. The molecule has 19 heavy (non-hydrogen) atoms. The van der Waals surface area contributed by atoms with Crippen molar-refractivity contribution in [3.63, 3.8) is 0 Å². The van der Waals surface area contributed by atoms with Crippen LogP contribution in [0.1, 0.15) is 5.56 Å². The summed E-state index contributed by atoms with van der Waals surface area (Å²) in [6.07, 6.45) is 0. The van der Waals surface area contributed by atoms with Crippen LogP contribution in [0.15, 0.2) is 48.5 Å². The quantitative estimate of drug-likeness (QED) is 0.754. The second-order valence-electron chi connectivity index (χ2n) is 4.02. The van der Waals surface area contributed by atoms with E-state index >= 15 is 0 Å². The summed E-state index contributed by atoms with van der Waals surface area (Å²) in [6.45, 7) is 0. The first kappa shape index (κ1) is 11.1. The largest absolute Gasteiger partial charge is 0.239 e. The van der Waals surface area contributed by atoms with Crippen molar-refractivity contribution in [1.29, 1.82) is 5.26 Å². The Hall–Kier alpha value is -3.00. The summed E-state index contributed by atoms with van der Waals surface area (Å²) in [5.41, 5.74) is 3.75. The summed E-state index contributed by atoms with van der Waals surface area (Å²) < 4.78 is 0. The molecule has 3 rings (SSSR count). The van der Waals surface area contributed by atoms with Crippen LogP contribution < -0.4 is 0 Å². The zero-order valence-corrected chi connectivity index (χ0v) is 9.91. The number of H-pyrrole nitrogens is 1. The third-order valence-corrected chi connectivity index (χ3v) is 2.85. The van der Waals surface area contributed by atoms with Gasteiger partial charge in [-0.2, -0.15) is 5.26 Å². The first-order valence-corrected chi connectivity index (χ1v) is 5.71. The number of benzene rings is 2. The maximum absolute atomic E-state index is 8.77. The fraction of sp³-hybridized carbons (Fsp3) is 0. The lowest BCUT2D eigenvalue weighted by Gasteiger charge is -2.02. The molecule has 0 aliphatic heterocycles. The van der Waals surface area contributed by atoms with Crippen molar-refractivity contribution < 1.29 is 0 Å². The number of nitrogens with zero attached hydrogens (tertiary/aromatic N) is 4. The van der Waals surface area contributed by atoms with E-state index in [1.54, 1.807) is 0 Å². The third-order valence-electron chi connectivity index (χ3n) is 2.85. The van der Waals surface area contributed by atoms with Crippen LogP contribution in [-0.2, 0) is 0 Å². The monoisotopic (exact) mass is 247 g/mol. The topological polar surface area (TPSA) is 78.2 Å². The van der Waals surface area contributed by atoms with Gasteiger partial charge in [-0.1, -0.05) is 36.4 Å². The fourth-order valence-electron chi connectivity index (χ4n) is 1.84. The van der Waals surface area contributed by atoms with Crippen molar-refractivity contribution in [3.8, 4) is 28.6 Å². The van der Waals surface area contributed by atoms with Gasteiger partial charge in [0.15, 0.2) is 5.82 Å². The molecule has 0 radical (unpaired) electrons. The number of nitrogens with one attached hydrogen (secondary N) is 1. The molecular weight excluding hydrogens is 238 g/mol. The molecule has 0 saturated heterocycles. The zero-order valence-electron chi connectivity index (χ0n) is 9.91. The van der Waals surface area contributed by atoms with Crippen molar-refractivity contribution in [2.24, 2.45) is 0 Å². The molecule has 3 aromatic rings. The molecule has 1 aromatic heterocycles. The minimum atomic E-state index is 0.645. The van der Waals surface area contributed by atoms with Crippen molar-refractivity contribution in [2.45, 2.75) is 0 Å². The summed E-state index contributed by atoms with van der Waals surface area (Å²) in [6, 6.07) is 17.5. The highest BCUT2D eigenvalue weighted by Gasteiger charge is 2.02. The first-order chi connectivity index (χ1) is 9.36. The van der Waals surface area contributed by atoms with E-state index in [-0.39, 0.29) is 0 Å². The SMILES string of the molecule is N#Cc1ccc(-c2ccc(-c3nnn[nH]3)cc2)cc1. The molecule has 5 heteroatoms. The number of hydrogen-bond donors (Lipinski definition) is 1. The van der Waals surface area contributed by atoms with Crippen LogP contribution in [0.4, 0.5) is 0 Å². The molecule has 1 heterocycles. The highest BCUT2D eigenvalue weighted by atomic mass is 15.5. The summed E-state index contributed by atoms with van der Waals surface area (Å²) in [5.74, 6) is 0.645. The predicted molar refractivity (Wildman–Crippen MR) is 69.8 cm³/mol. The van der Waals surface area contributed by atoms with E-state index in [1.165, 1.54) is 0 Å². The van der Waals surface area contributed by atoms with Gasteiger partial charge in [0.2, 0.25) is 0 Å². The highest BCUT2D eigenvalue weighted by Crippen LogP contribution is 2.22. The Balaban J connectivity index is 1.92. The van der Waals surface area contributed by atoms with E-state index in [1.807, 2.05) is 48.5 Å². The van der Waals surface area contributed by atoms with Crippen LogP contribution in [0.2, 0.25) is 0 Å². The van der Waals surface area contributed by atoms with Crippen molar-refractivity contribution in [3.05, 3.63) is 54.1 Å². The molecule has 0 fully saturated rings. The van der Waals surface area contributed by atoms with Crippen molar-refractivity contribution in [1.82, 2.24) is 20.6 Å². The Morgan fingerprint density at radius 3 is 1.95 bits per heavy atom. The summed E-state index contributed by atoms with van der Waals surface area (Å²) in [5, 5.41) is 22.4. The molecule has 0 spiro atoms. The second kappa shape index (κ2) is 4.70. The van der Waals surface area contributed by atoms with Crippen molar-refractivity contribution >= 4 is 0 Å². The standard InChI is InChI=1S/C14H9N5/c15-9-10-1-3-11(4-2-10)12-5-7-13(8-6-12)14-16-18-19-17-14/h1-8H,(H,16,17,18,19). The molecule has 0 unspecified atom stereocenters. The van der Waals surface area contributed by atoms with E-state index in [0.717, 1.165) is 16.7 Å². The van der Waals surface area contributed by atoms with Crippen LogP contribution in [0, 0.1) is 11.3 Å². The lowest BCUT2D eigenvalue weighted by Crippen LogP contribution is -1.83. The van der Waals surface area contributed by atoms with Gasteiger partial charge in [0.1, 0.15) is 0 Å². The van der Waals surface area contributed by atoms with Crippen LogP contribution in [0.3, 0.4) is 0 Å². The average molecular weight is 247 g/mol. The van der Waals surface area contributed by atoms with Gasteiger partial charge >= 0.3 is 0 Å². The van der Waals surface area contributed by atoms with Gasteiger partial charge in [-0.05, 0) is 33.7 Å². The molecular formula is C14H9N5. The summed E-state index contributed by atoms with van der Waals surface area (Å²) in [4.78, 5) is 0. The first-order valence-electron chi connectivity index (χ1n) is 5.71. The molecule has 5 nitrogen and oxygen atoms in total. The van der Waals surface area contributed by atoms with Gasteiger partial charge in [0, 0.05) is 5.56 Å². The van der Waals surface area contributed by atoms with E-state index < -0.39 is 0 Å². The van der Waals surface area contributed by atoms with Crippen LogP contribution in [-0.4, -0.2) is 20.6 Å². The van der Waals surface area contributed by atoms with Gasteiger partial charge in [-0.25, -0.2) is 5.10 Å². The number of tetrazole rings is 1. The molecule has 0 atom stereocenters. The Labute approximate surface area is 109 Å². The smallest absolute Gasteiger partial charge is 0.179 e. The number of nitriles is 1. The number of rotatable bonds is 2. The highest BCUT2D eigenvalue weighted by molar-refractivity contribution is 5.67. The van der Waals surface area contributed by atoms with Gasteiger partial charge in [-0.15, -0.1) is 5.10 Å². The maximum Gasteiger partial charge on any atom is 0.179 e. The minimum Gasteiger partial charge on any atom is -0.239 e. The Morgan fingerprint density at radius 2 is 1.42 bits per heavy atom. The normalized spacial score (nSPS) is 10.1. The van der Waals surface area contributed by atoms with Gasteiger partial charge in [0.05, 0.1) is 11.6 Å². The minimum absolute atomic E-state index is 0.645. The molecule has 90 valence electrons. The maximum atomic E-state index is 8.77. The summed E-state index contributed by atoms with van der Waals surface area (Å²) in [7, 11) is 0. The van der Waals surface area contributed by atoms with E-state index in [4.69, 9.17) is 5.26 Å².